The van der Waals surface area contributed by atoms with Gasteiger partial charge in [0.05, 0.1) is 12.2 Å². The Balaban J connectivity index is 1.49. The molecule has 0 saturated heterocycles. The third-order valence-corrected chi connectivity index (χ3v) is 6.19. The van der Waals surface area contributed by atoms with Crippen LogP contribution in [0, 0.1) is 0 Å². The number of hydrogen-bond acceptors (Lipinski definition) is 5. The first-order chi connectivity index (χ1) is 17.3. The zero-order chi connectivity index (χ0) is 26.3. The predicted octanol–water partition coefficient (Wildman–Crippen LogP) is 8.16. The Kier molecular flexibility index (Phi) is 12.6. The molecule has 9 heteroatoms. The molecule has 0 fully saturated rings. The van der Waals surface area contributed by atoms with E-state index in [1.807, 2.05) is 0 Å². The van der Waals surface area contributed by atoms with Crippen molar-refractivity contribution < 1.29 is 32.6 Å². The van der Waals surface area contributed by atoms with Gasteiger partial charge in [-0.25, -0.2) is 0 Å². The third kappa shape index (κ3) is 10.1. The van der Waals surface area contributed by atoms with Gasteiger partial charge < -0.3 is 9.84 Å². The minimum atomic E-state index is -4.62. The Morgan fingerprint density at radius 3 is 1.97 bits per heavy atom. The average Bonchev–Trinajstić information content (AvgIpc) is 3.65. The van der Waals surface area contributed by atoms with Crippen molar-refractivity contribution in [2.75, 3.05) is 6.61 Å². The van der Waals surface area contributed by atoms with Crippen molar-refractivity contribution in [2.24, 2.45) is 10.2 Å². The number of benzene rings is 1. The van der Waals surface area contributed by atoms with Crippen LogP contribution in [0.1, 0.15) is 106 Å². The molecule has 200 valence electrons. The highest BCUT2D eigenvalue weighted by Crippen LogP contribution is 2.52. The molecule has 1 heterocycles. The van der Waals surface area contributed by atoms with Gasteiger partial charge in [0.1, 0.15) is 5.75 Å². The number of aliphatic carboxylic acids is 1. The normalized spacial score (nSPS) is 14.3. The molecular weight excluding hydrogens is 473 g/mol. The lowest BCUT2D eigenvalue weighted by atomic mass is 10.0. The molecule has 0 spiro atoms. The summed E-state index contributed by atoms with van der Waals surface area (Å²) in [5.41, 5.74) is -2.45. The lowest BCUT2D eigenvalue weighted by Gasteiger charge is -2.16. The summed E-state index contributed by atoms with van der Waals surface area (Å²) in [6.07, 6.45) is 14.2. The number of rotatable bonds is 20. The van der Waals surface area contributed by atoms with Crippen molar-refractivity contribution in [3.63, 3.8) is 0 Å². The SMILES string of the molecule is O=Cc1ccc(C2(C(F)(F)F)N=N2)cc1OCCCCCCCC/C=C/CCCCCCCC(=O)O. The van der Waals surface area contributed by atoms with E-state index in [1.54, 1.807) is 0 Å². The van der Waals surface area contributed by atoms with Crippen molar-refractivity contribution in [3.05, 3.63) is 41.5 Å². The number of alkyl halides is 3. The second-order valence-corrected chi connectivity index (χ2v) is 9.17. The van der Waals surface area contributed by atoms with E-state index < -0.39 is 17.8 Å². The predicted molar refractivity (Wildman–Crippen MR) is 131 cm³/mol. The summed E-state index contributed by atoms with van der Waals surface area (Å²) in [5.74, 6) is -0.581. The molecule has 0 bridgehead atoms. The highest BCUT2D eigenvalue weighted by molar-refractivity contribution is 5.79. The van der Waals surface area contributed by atoms with Crippen molar-refractivity contribution in [1.29, 1.82) is 0 Å². The standard InChI is InChI=1S/C27H37F3N2O4/c28-27(29,30)26(31-32-26)23-18-17-22(21-33)24(20-23)36-19-15-13-11-9-7-5-3-1-2-4-6-8-10-12-14-16-25(34)35/h1-2,17-18,20-21H,3-16,19H2,(H,34,35)/b2-1+. The molecule has 6 nitrogen and oxygen atoms in total. The Bertz CT molecular complexity index is 878. The molecular formula is C27H37F3N2O4. The van der Waals surface area contributed by atoms with E-state index in [1.165, 1.54) is 18.2 Å². The van der Waals surface area contributed by atoms with Gasteiger partial charge in [0.25, 0.3) is 0 Å². The molecule has 0 unspecified atom stereocenters. The van der Waals surface area contributed by atoms with Crippen LogP contribution >= 0.6 is 0 Å². The van der Waals surface area contributed by atoms with E-state index in [-0.39, 0.29) is 23.3 Å². The Labute approximate surface area is 211 Å². The van der Waals surface area contributed by atoms with Gasteiger partial charge in [0.2, 0.25) is 0 Å². The smallest absolute Gasteiger partial charge is 0.442 e. The molecule has 0 aliphatic carbocycles. The van der Waals surface area contributed by atoms with Gasteiger partial charge in [0, 0.05) is 12.0 Å². The fourth-order valence-corrected chi connectivity index (χ4v) is 3.97. The average molecular weight is 511 g/mol. The number of carbonyl (C=O) groups excluding carboxylic acids is 1. The number of aldehydes is 1. The first-order valence-corrected chi connectivity index (χ1v) is 12.9. The van der Waals surface area contributed by atoms with Crippen LogP contribution in [0.15, 0.2) is 40.6 Å². The zero-order valence-corrected chi connectivity index (χ0v) is 20.8. The molecule has 1 aromatic rings. The van der Waals surface area contributed by atoms with Gasteiger partial charge in [-0.1, -0.05) is 63.2 Å². The summed E-state index contributed by atoms with van der Waals surface area (Å²) in [6, 6.07) is 3.74. The molecule has 1 aromatic carbocycles. The minimum absolute atomic E-state index is 0.133. The molecule has 0 atom stereocenters. The van der Waals surface area contributed by atoms with E-state index >= 15 is 0 Å². The molecule has 1 aliphatic heterocycles. The monoisotopic (exact) mass is 510 g/mol. The van der Waals surface area contributed by atoms with Gasteiger partial charge in [-0.15, -0.1) is 10.2 Å². The van der Waals surface area contributed by atoms with Gasteiger partial charge >= 0.3 is 17.8 Å². The van der Waals surface area contributed by atoms with E-state index in [2.05, 4.69) is 22.4 Å². The number of nitrogens with zero attached hydrogens (tertiary/aromatic N) is 2. The van der Waals surface area contributed by atoms with Gasteiger partial charge in [0.15, 0.2) is 6.29 Å². The van der Waals surface area contributed by atoms with Crippen LogP contribution in [0.5, 0.6) is 5.75 Å². The molecule has 0 aromatic heterocycles. The summed E-state index contributed by atoms with van der Waals surface area (Å²) in [6.45, 7) is 0.333. The van der Waals surface area contributed by atoms with Crippen LogP contribution in [0.3, 0.4) is 0 Å². The topological polar surface area (TPSA) is 88.3 Å². The number of unbranched alkanes of at least 4 members (excludes halogenated alkanes) is 11. The first-order valence-electron chi connectivity index (χ1n) is 12.9. The number of hydrogen-bond donors (Lipinski definition) is 1. The number of ether oxygens (including phenoxy) is 1. The van der Waals surface area contributed by atoms with Crippen LogP contribution in [0.4, 0.5) is 13.2 Å². The number of carboxylic acid groups (broad SMARTS) is 1. The van der Waals surface area contributed by atoms with Crippen LogP contribution in [0.2, 0.25) is 0 Å². The lowest BCUT2D eigenvalue weighted by molar-refractivity contribution is -0.166. The van der Waals surface area contributed by atoms with E-state index in [9.17, 15) is 22.8 Å². The van der Waals surface area contributed by atoms with E-state index in [4.69, 9.17) is 9.84 Å². The summed E-state index contributed by atoms with van der Waals surface area (Å²) in [5, 5.41) is 15.0. The van der Waals surface area contributed by atoms with Crippen LogP contribution in [-0.4, -0.2) is 30.1 Å². The first kappa shape index (κ1) is 29.5. The fourth-order valence-electron chi connectivity index (χ4n) is 3.97. The van der Waals surface area contributed by atoms with Crippen molar-refractivity contribution >= 4 is 12.3 Å². The second kappa shape index (κ2) is 15.4. The highest BCUT2D eigenvalue weighted by Gasteiger charge is 2.65. The minimum Gasteiger partial charge on any atom is -0.493 e. The maximum Gasteiger partial charge on any atom is 0.442 e. The molecule has 0 saturated carbocycles. The molecule has 1 aliphatic rings. The largest absolute Gasteiger partial charge is 0.493 e. The molecule has 0 radical (unpaired) electrons. The van der Waals surface area contributed by atoms with E-state index in [0.717, 1.165) is 83.5 Å². The van der Waals surface area contributed by atoms with Gasteiger partial charge in [-0.3, -0.25) is 9.59 Å². The van der Waals surface area contributed by atoms with Crippen LogP contribution < -0.4 is 4.74 Å². The Morgan fingerprint density at radius 2 is 1.44 bits per heavy atom. The van der Waals surface area contributed by atoms with Crippen molar-refractivity contribution in [2.45, 2.75) is 102 Å². The Hall–Kier alpha value is -2.71. The fraction of sp³-hybridized carbons (Fsp3) is 0.630. The quantitative estimate of drug-likeness (QED) is 0.109. The zero-order valence-electron chi connectivity index (χ0n) is 20.8. The summed E-state index contributed by atoms with van der Waals surface area (Å²) < 4.78 is 45.3. The number of allylic oxidation sites excluding steroid dienone is 2. The van der Waals surface area contributed by atoms with Crippen LogP contribution in [-0.2, 0) is 10.5 Å². The Morgan fingerprint density at radius 1 is 0.889 bits per heavy atom. The number of carbonyl (C=O) groups is 2. The molecule has 36 heavy (non-hydrogen) atoms. The lowest BCUT2D eigenvalue weighted by Crippen LogP contribution is -2.30. The van der Waals surface area contributed by atoms with Gasteiger partial charge in [-0.2, -0.15) is 13.2 Å². The summed E-state index contributed by atoms with van der Waals surface area (Å²) in [7, 11) is 0. The molecule has 1 N–H and O–H groups in total. The molecule has 0 amide bonds. The summed E-state index contributed by atoms with van der Waals surface area (Å²) >= 11 is 0. The van der Waals surface area contributed by atoms with E-state index in [0.29, 0.717) is 12.9 Å². The number of carboxylic acids is 1. The summed E-state index contributed by atoms with van der Waals surface area (Å²) in [4.78, 5) is 21.7. The highest BCUT2D eigenvalue weighted by atomic mass is 19.4. The van der Waals surface area contributed by atoms with Crippen LogP contribution in [0.25, 0.3) is 0 Å². The maximum atomic E-state index is 13.2. The maximum absolute atomic E-state index is 13.2. The van der Waals surface area contributed by atoms with Gasteiger partial charge in [-0.05, 0) is 50.7 Å². The third-order valence-electron chi connectivity index (χ3n) is 6.19. The molecule has 2 rings (SSSR count). The van der Waals surface area contributed by atoms with Crippen molar-refractivity contribution in [3.8, 4) is 5.75 Å². The van der Waals surface area contributed by atoms with Crippen molar-refractivity contribution in [1.82, 2.24) is 0 Å². The number of halogens is 3. The second-order valence-electron chi connectivity index (χ2n) is 9.17.